The lowest BCUT2D eigenvalue weighted by Gasteiger charge is -2.47. The van der Waals surface area contributed by atoms with Crippen LogP contribution in [-0.2, 0) is 7.05 Å². The average molecular weight is 451 g/mol. The molecule has 1 aliphatic carbocycles. The van der Waals surface area contributed by atoms with Crippen LogP contribution < -0.4 is 15.8 Å². The Morgan fingerprint density at radius 2 is 2.06 bits per heavy atom. The SMILES string of the molecule is Cn1ccc2cc(O)c(-c3ncc(N(C4CC4)[C@H]4CC5CCCC(N5)[C@H]4F)nn3)cc2c1=O. The molecule has 172 valence electrons. The Balaban J connectivity index is 1.34. The van der Waals surface area contributed by atoms with E-state index in [9.17, 15) is 9.90 Å². The predicted molar refractivity (Wildman–Crippen MR) is 123 cm³/mol. The third-order valence-electron chi connectivity index (χ3n) is 7.34. The second-order valence-corrected chi connectivity index (χ2v) is 9.62. The van der Waals surface area contributed by atoms with Crippen molar-refractivity contribution in [3.8, 4) is 17.1 Å². The lowest BCUT2D eigenvalue weighted by Crippen LogP contribution is -2.62. The van der Waals surface area contributed by atoms with Gasteiger partial charge in [-0.05, 0) is 55.7 Å². The van der Waals surface area contributed by atoms with Gasteiger partial charge >= 0.3 is 0 Å². The van der Waals surface area contributed by atoms with Crippen LogP contribution in [0, 0.1) is 0 Å². The van der Waals surface area contributed by atoms with Crippen molar-refractivity contribution in [2.24, 2.45) is 7.05 Å². The van der Waals surface area contributed by atoms with E-state index in [0.717, 1.165) is 38.5 Å². The van der Waals surface area contributed by atoms with Crippen molar-refractivity contribution in [2.45, 2.75) is 68.9 Å². The quantitative estimate of drug-likeness (QED) is 0.631. The minimum absolute atomic E-state index is 0.0145. The lowest BCUT2D eigenvalue weighted by atomic mass is 9.82. The fourth-order valence-corrected chi connectivity index (χ4v) is 5.49. The molecule has 3 aromatic rings. The molecule has 2 N–H and O–H groups in total. The number of phenolic OH excluding ortho intramolecular Hbond substituents is 1. The van der Waals surface area contributed by atoms with Gasteiger partial charge in [-0.15, -0.1) is 10.2 Å². The van der Waals surface area contributed by atoms with Crippen molar-refractivity contribution in [2.75, 3.05) is 4.90 Å². The second-order valence-electron chi connectivity index (χ2n) is 9.62. The zero-order chi connectivity index (χ0) is 22.7. The second kappa shape index (κ2) is 7.76. The predicted octanol–water partition coefficient (Wildman–Crippen LogP) is 2.69. The molecule has 2 saturated heterocycles. The highest BCUT2D eigenvalue weighted by Gasteiger charge is 2.46. The van der Waals surface area contributed by atoms with Gasteiger partial charge in [-0.1, -0.05) is 6.42 Å². The summed E-state index contributed by atoms with van der Waals surface area (Å²) in [6, 6.07) is 5.21. The van der Waals surface area contributed by atoms with Crippen molar-refractivity contribution in [1.29, 1.82) is 0 Å². The van der Waals surface area contributed by atoms with Gasteiger partial charge in [0.15, 0.2) is 11.6 Å². The van der Waals surface area contributed by atoms with Crippen molar-refractivity contribution in [3.63, 3.8) is 0 Å². The third-order valence-corrected chi connectivity index (χ3v) is 7.34. The molecule has 2 aliphatic heterocycles. The van der Waals surface area contributed by atoms with E-state index < -0.39 is 6.17 Å². The normalized spacial score (nSPS) is 27.0. The van der Waals surface area contributed by atoms with Crippen LogP contribution >= 0.6 is 0 Å². The zero-order valence-electron chi connectivity index (χ0n) is 18.5. The van der Waals surface area contributed by atoms with Crippen LogP contribution in [0.3, 0.4) is 0 Å². The van der Waals surface area contributed by atoms with E-state index in [1.807, 2.05) is 0 Å². The number of benzene rings is 1. The molecule has 3 aliphatic rings. The van der Waals surface area contributed by atoms with Crippen molar-refractivity contribution in [1.82, 2.24) is 25.1 Å². The van der Waals surface area contributed by atoms with Gasteiger partial charge in [-0.3, -0.25) is 4.79 Å². The maximum atomic E-state index is 15.4. The van der Waals surface area contributed by atoms with Crippen LogP contribution in [0.1, 0.15) is 38.5 Å². The van der Waals surface area contributed by atoms with Gasteiger partial charge in [0.25, 0.3) is 5.56 Å². The molecule has 9 heteroatoms. The standard InChI is InChI=1S/C24H27FN6O2/c1-30-8-7-13-9-20(32)17(11-16(13)24(30)33)23-26-12-21(28-29-23)31(15-5-6-15)19-10-14-3-2-4-18(27-14)22(19)25/h7-9,11-12,14-15,18-19,22,27,32H,2-6,10H2,1H3/t14?,18?,19-,22+/m0/s1. The molecule has 8 nitrogen and oxygen atoms in total. The molecule has 2 unspecified atom stereocenters. The summed E-state index contributed by atoms with van der Waals surface area (Å²) in [6.45, 7) is 0. The molecule has 2 aromatic heterocycles. The number of alkyl halides is 1. The molecule has 2 bridgehead atoms. The van der Waals surface area contributed by atoms with Crippen LogP contribution in [0.15, 0.2) is 35.4 Å². The summed E-state index contributed by atoms with van der Waals surface area (Å²) in [5.74, 6) is 0.795. The van der Waals surface area contributed by atoms with Crippen LogP contribution in [0.5, 0.6) is 5.75 Å². The molecule has 6 rings (SSSR count). The Bertz CT molecular complexity index is 1260. The summed E-state index contributed by atoms with van der Waals surface area (Å²) in [4.78, 5) is 19.1. The monoisotopic (exact) mass is 450 g/mol. The third kappa shape index (κ3) is 3.55. The van der Waals surface area contributed by atoms with Crippen LogP contribution in [0.25, 0.3) is 22.2 Å². The van der Waals surface area contributed by atoms with Gasteiger partial charge in [0.1, 0.15) is 11.9 Å². The number of pyridine rings is 1. The Kier molecular flexibility index (Phi) is 4.83. The number of nitrogens with zero attached hydrogens (tertiary/aromatic N) is 5. The summed E-state index contributed by atoms with van der Waals surface area (Å²) < 4.78 is 16.9. The molecule has 1 saturated carbocycles. The van der Waals surface area contributed by atoms with E-state index in [2.05, 4.69) is 25.4 Å². The first kappa shape index (κ1) is 20.5. The Morgan fingerprint density at radius 1 is 1.21 bits per heavy atom. The number of aromatic nitrogens is 4. The highest BCUT2D eigenvalue weighted by molar-refractivity contribution is 5.88. The fraction of sp³-hybridized carbons (Fsp3) is 0.500. The molecule has 0 spiro atoms. The van der Waals surface area contributed by atoms with Gasteiger partial charge in [0.2, 0.25) is 0 Å². The Morgan fingerprint density at radius 3 is 2.82 bits per heavy atom. The number of hydrogen-bond acceptors (Lipinski definition) is 7. The molecular formula is C24H27FN6O2. The number of piperidine rings is 2. The number of rotatable bonds is 4. The summed E-state index contributed by atoms with van der Waals surface area (Å²) >= 11 is 0. The largest absolute Gasteiger partial charge is 0.507 e. The average Bonchev–Trinajstić information content (AvgIpc) is 3.66. The number of fused-ring (bicyclic) bond motifs is 3. The number of aryl methyl sites for hydroxylation is 1. The highest BCUT2D eigenvalue weighted by Crippen LogP contribution is 2.39. The van der Waals surface area contributed by atoms with Crippen LogP contribution in [0.4, 0.5) is 10.2 Å². The van der Waals surface area contributed by atoms with Crippen molar-refractivity contribution in [3.05, 3.63) is 40.9 Å². The minimum atomic E-state index is -0.954. The van der Waals surface area contributed by atoms with Crippen molar-refractivity contribution < 1.29 is 9.50 Å². The molecule has 4 atom stereocenters. The van der Waals surface area contributed by atoms with E-state index in [-0.39, 0.29) is 35.3 Å². The van der Waals surface area contributed by atoms with Gasteiger partial charge < -0.3 is 19.9 Å². The van der Waals surface area contributed by atoms with E-state index in [1.165, 1.54) is 4.57 Å². The van der Waals surface area contributed by atoms with Crippen LogP contribution in [-0.4, -0.2) is 55.2 Å². The number of hydrogen-bond donors (Lipinski definition) is 2. The molecule has 4 heterocycles. The maximum absolute atomic E-state index is 15.4. The van der Waals surface area contributed by atoms with Gasteiger partial charge in [0, 0.05) is 36.8 Å². The van der Waals surface area contributed by atoms with Gasteiger partial charge in [-0.25, -0.2) is 9.37 Å². The molecule has 0 radical (unpaired) electrons. The summed E-state index contributed by atoms with van der Waals surface area (Å²) in [5, 5.41) is 23.8. The van der Waals surface area contributed by atoms with Crippen molar-refractivity contribution >= 4 is 16.6 Å². The molecule has 1 aromatic carbocycles. The number of halogens is 1. The van der Waals surface area contributed by atoms with E-state index >= 15 is 4.39 Å². The number of phenols is 1. The molecule has 3 fully saturated rings. The first-order valence-electron chi connectivity index (χ1n) is 11.7. The Labute approximate surface area is 190 Å². The smallest absolute Gasteiger partial charge is 0.258 e. The topological polar surface area (TPSA) is 96.2 Å². The minimum Gasteiger partial charge on any atom is -0.507 e. The maximum Gasteiger partial charge on any atom is 0.258 e. The molecule has 33 heavy (non-hydrogen) atoms. The first-order chi connectivity index (χ1) is 16.0. The number of aromatic hydroxyl groups is 1. The lowest BCUT2D eigenvalue weighted by molar-refractivity contribution is 0.104. The molecule has 0 amide bonds. The number of nitrogens with one attached hydrogen (secondary N) is 1. The molecular weight excluding hydrogens is 423 g/mol. The fourth-order valence-electron chi connectivity index (χ4n) is 5.49. The summed E-state index contributed by atoms with van der Waals surface area (Å²) in [6.07, 6.45) is 8.16. The van der Waals surface area contributed by atoms with Crippen LogP contribution in [0.2, 0.25) is 0 Å². The zero-order valence-corrected chi connectivity index (χ0v) is 18.5. The van der Waals surface area contributed by atoms with E-state index in [4.69, 9.17) is 0 Å². The summed E-state index contributed by atoms with van der Waals surface area (Å²) in [5.41, 5.74) is 0.186. The van der Waals surface area contributed by atoms with Gasteiger partial charge in [0.05, 0.1) is 17.8 Å². The highest BCUT2D eigenvalue weighted by atomic mass is 19.1. The first-order valence-corrected chi connectivity index (χ1v) is 11.7. The van der Waals surface area contributed by atoms with E-state index in [0.29, 0.717) is 28.2 Å². The number of anilines is 1. The summed E-state index contributed by atoms with van der Waals surface area (Å²) in [7, 11) is 1.68. The van der Waals surface area contributed by atoms with E-state index in [1.54, 1.807) is 37.6 Å². The Hall–Kier alpha value is -3.07. The van der Waals surface area contributed by atoms with Gasteiger partial charge in [-0.2, -0.15) is 0 Å².